The maximum Gasteiger partial charge on any atom is 0.337 e. The monoisotopic (exact) mass is 505 g/mol. The third kappa shape index (κ3) is 5.48. The van der Waals surface area contributed by atoms with E-state index in [0.29, 0.717) is 0 Å². The standard InChI is InChI=1S/C33H31NO4/c1-3-37-33(35)32(31(23-11-5-4-6-12-23)34-26-17-19-27(36-2)20-18-26)38-22-30-28-15-9-7-13-24(28)21-25-14-8-10-16-29(25)30/h4-21,31-32,34H,3,22H2,1-2H3. The molecule has 0 bridgehead atoms. The minimum atomic E-state index is -0.891. The normalized spacial score (nSPS) is 12.7. The molecule has 0 saturated heterocycles. The van der Waals surface area contributed by atoms with Crippen LogP contribution in [0.1, 0.15) is 24.1 Å². The number of carbonyl (C=O) groups excluding carboxylic acids is 1. The van der Waals surface area contributed by atoms with Crippen LogP contribution in [0, 0.1) is 0 Å². The van der Waals surface area contributed by atoms with Crippen molar-refractivity contribution in [2.24, 2.45) is 0 Å². The summed E-state index contributed by atoms with van der Waals surface area (Å²) >= 11 is 0. The van der Waals surface area contributed by atoms with Gasteiger partial charge in [-0.3, -0.25) is 0 Å². The van der Waals surface area contributed by atoms with E-state index in [-0.39, 0.29) is 13.2 Å². The van der Waals surface area contributed by atoms with Crippen LogP contribution in [0.3, 0.4) is 0 Å². The molecule has 1 N–H and O–H groups in total. The summed E-state index contributed by atoms with van der Waals surface area (Å²) < 4.78 is 17.4. The van der Waals surface area contributed by atoms with Crippen LogP contribution in [0.2, 0.25) is 0 Å². The largest absolute Gasteiger partial charge is 0.497 e. The molecule has 0 radical (unpaired) electrons. The lowest BCUT2D eigenvalue weighted by atomic mass is 9.97. The van der Waals surface area contributed by atoms with Crippen LogP contribution in [0.5, 0.6) is 5.75 Å². The smallest absolute Gasteiger partial charge is 0.337 e. The summed E-state index contributed by atoms with van der Waals surface area (Å²) in [5.74, 6) is 0.347. The van der Waals surface area contributed by atoms with Crippen LogP contribution in [0.4, 0.5) is 5.69 Å². The van der Waals surface area contributed by atoms with Crippen LogP contribution in [0.25, 0.3) is 21.5 Å². The fraction of sp³-hybridized carbons (Fsp3) is 0.182. The van der Waals surface area contributed by atoms with Gasteiger partial charge >= 0.3 is 5.97 Å². The summed E-state index contributed by atoms with van der Waals surface area (Å²) in [6.07, 6.45) is -0.891. The molecule has 0 amide bonds. The molecule has 0 fully saturated rings. The number of ether oxygens (including phenoxy) is 3. The van der Waals surface area contributed by atoms with Gasteiger partial charge in [0.15, 0.2) is 6.10 Å². The number of hydrogen-bond donors (Lipinski definition) is 1. The molecular weight excluding hydrogens is 474 g/mol. The van der Waals surface area contributed by atoms with E-state index in [1.54, 1.807) is 7.11 Å². The van der Waals surface area contributed by atoms with Crippen LogP contribution < -0.4 is 10.1 Å². The molecule has 38 heavy (non-hydrogen) atoms. The van der Waals surface area contributed by atoms with E-state index in [2.05, 4.69) is 35.6 Å². The van der Waals surface area contributed by atoms with Crippen molar-refractivity contribution >= 4 is 33.2 Å². The van der Waals surface area contributed by atoms with Gasteiger partial charge in [0.2, 0.25) is 0 Å². The highest BCUT2D eigenvalue weighted by Gasteiger charge is 2.32. The van der Waals surface area contributed by atoms with Crippen molar-refractivity contribution in [2.45, 2.75) is 25.7 Å². The average molecular weight is 506 g/mol. The molecule has 0 saturated carbocycles. The molecule has 5 heteroatoms. The van der Waals surface area contributed by atoms with E-state index in [9.17, 15) is 4.79 Å². The minimum Gasteiger partial charge on any atom is -0.497 e. The van der Waals surface area contributed by atoms with Gasteiger partial charge in [-0.15, -0.1) is 0 Å². The summed E-state index contributed by atoms with van der Waals surface area (Å²) in [7, 11) is 1.64. The van der Waals surface area contributed by atoms with Crippen LogP contribution in [-0.2, 0) is 20.9 Å². The Kier molecular flexibility index (Phi) is 7.86. The van der Waals surface area contributed by atoms with Crippen LogP contribution >= 0.6 is 0 Å². The third-order valence-corrected chi connectivity index (χ3v) is 6.68. The number of nitrogens with one attached hydrogen (secondary N) is 1. The van der Waals surface area contributed by atoms with Crippen molar-refractivity contribution in [1.29, 1.82) is 0 Å². The molecule has 2 unspecified atom stereocenters. The molecular formula is C33H31NO4. The van der Waals surface area contributed by atoms with E-state index >= 15 is 0 Å². The predicted molar refractivity (Wildman–Crippen MR) is 152 cm³/mol. The maximum absolute atomic E-state index is 13.4. The summed E-state index contributed by atoms with van der Waals surface area (Å²) in [6.45, 7) is 2.32. The van der Waals surface area contributed by atoms with Gasteiger partial charge in [0.05, 0.1) is 26.4 Å². The molecule has 0 spiro atoms. The number of benzene rings is 5. The second-order valence-electron chi connectivity index (χ2n) is 9.04. The summed E-state index contributed by atoms with van der Waals surface area (Å²) in [6, 6.07) is 35.7. The molecule has 0 heterocycles. The highest BCUT2D eigenvalue weighted by Crippen LogP contribution is 2.32. The van der Waals surface area contributed by atoms with Crippen molar-refractivity contribution < 1.29 is 19.0 Å². The number of fused-ring (bicyclic) bond motifs is 2. The van der Waals surface area contributed by atoms with E-state index < -0.39 is 18.1 Å². The van der Waals surface area contributed by atoms with Crippen molar-refractivity contribution in [2.75, 3.05) is 19.0 Å². The number of anilines is 1. The topological polar surface area (TPSA) is 56.8 Å². The Morgan fingerprint density at radius 2 is 1.39 bits per heavy atom. The first-order valence-corrected chi connectivity index (χ1v) is 12.8. The molecule has 2 atom stereocenters. The lowest BCUT2D eigenvalue weighted by molar-refractivity contribution is -0.158. The Balaban J connectivity index is 1.54. The van der Waals surface area contributed by atoms with Crippen LogP contribution in [0.15, 0.2) is 109 Å². The number of carbonyl (C=O) groups is 1. The highest BCUT2D eigenvalue weighted by molar-refractivity contribution is 6.02. The fourth-order valence-corrected chi connectivity index (χ4v) is 4.82. The van der Waals surface area contributed by atoms with E-state index in [0.717, 1.165) is 44.1 Å². The van der Waals surface area contributed by atoms with E-state index in [4.69, 9.17) is 14.2 Å². The van der Waals surface area contributed by atoms with Crippen molar-refractivity contribution in [3.63, 3.8) is 0 Å². The van der Waals surface area contributed by atoms with Gasteiger partial charge in [-0.05, 0) is 69.9 Å². The molecule has 0 aromatic heterocycles. The highest BCUT2D eigenvalue weighted by atomic mass is 16.6. The molecule has 0 aliphatic rings. The first-order valence-electron chi connectivity index (χ1n) is 12.8. The van der Waals surface area contributed by atoms with E-state index in [1.165, 1.54) is 0 Å². The fourth-order valence-electron chi connectivity index (χ4n) is 4.82. The number of methoxy groups -OCH3 is 1. The Hall–Kier alpha value is -4.35. The molecule has 5 aromatic rings. The average Bonchev–Trinajstić information content (AvgIpc) is 2.97. The first-order chi connectivity index (χ1) is 18.7. The molecule has 0 aliphatic heterocycles. The zero-order valence-corrected chi connectivity index (χ0v) is 21.6. The Labute approximate surface area is 223 Å². The van der Waals surface area contributed by atoms with Crippen molar-refractivity contribution in [1.82, 2.24) is 0 Å². The number of hydrogen-bond acceptors (Lipinski definition) is 5. The lowest BCUT2D eigenvalue weighted by Gasteiger charge is -2.28. The molecule has 5 aromatic carbocycles. The Morgan fingerprint density at radius 1 is 0.789 bits per heavy atom. The van der Waals surface area contributed by atoms with Crippen LogP contribution in [-0.4, -0.2) is 25.8 Å². The summed E-state index contributed by atoms with van der Waals surface area (Å²) in [5, 5.41) is 7.99. The van der Waals surface area contributed by atoms with Gasteiger partial charge in [0.1, 0.15) is 5.75 Å². The van der Waals surface area contributed by atoms with Gasteiger partial charge in [0.25, 0.3) is 0 Å². The maximum atomic E-state index is 13.4. The van der Waals surface area contributed by atoms with Gasteiger partial charge in [0, 0.05) is 5.69 Å². The molecule has 5 rings (SSSR count). The van der Waals surface area contributed by atoms with Gasteiger partial charge in [-0.1, -0.05) is 78.9 Å². The Morgan fingerprint density at radius 3 is 2.00 bits per heavy atom. The van der Waals surface area contributed by atoms with E-state index in [1.807, 2.05) is 85.8 Å². The molecule has 192 valence electrons. The third-order valence-electron chi connectivity index (χ3n) is 6.68. The predicted octanol–water partition coefficient (Wildman–Crippen LogP) is 7.30. The molecule has 0 aliphatic carbocycles. The second kappa shape index (κ2) is 11.8. The van der Waals surface area contributed by atoms with Gasteiger partial charge in [-0.25, -0.2) is 4.79 Å². The first kappa shape index (κ1) is 25.3. The van der Waals surface area contributed by atoms with Gasteiger partial charge in [-0.2, -0.15) is 0 Å². The van der Waals surface area contributed by atoms with Gasteiger partial charge < -0.3 is 19.5 Å². The zero-order valence-electron chi connectivity index (χ0n) is 21.6. The summed E-state index contributed by atoms with van der Waals surface area (Å²) in [4.78, 5) is 13.4. The quantitative estimate of drug-likeness (QED) is 0.159. The molecule has 5 nitrogen and oxygen atoms in total. The summed E-state index contributed by atoms with van der Waals surface area (Å²) in [5.41, 5.74) is 2.81. The SMILES string of the molecule is CCOC(=O)C(OCc1c2ccccc2cc2ccccc12)C(Nc1ccc(OC)cc1)c1ccccc1. The number of rotatable bonds is 10. The second-order valence-corrected chi connectivity index (χ2v) is 9.04. The lowest BCUT2D eigenvalue weighted by Crippen LogP contribution is -2.37. The number of esters is 1. The minimum absolute atomic E-state index is 0.249. The van der Waals surface area contributed by atoms with Crippen molar-refractivity contribution in [3.8, 4) is 5.75 Å². The zero-order chi connectivity index (χ0) is 26.3. The van der Waals surface area contributed by atoms with Crippen molar-refractivity contribution in [3.05, 3.63) is 120 Å². The Bertz CT molecular complexity index is 1460.